The second-order valence-electron chi connectivity index (χ2n) is 6.53. The van der Waals surface area contributed by atoms with Crippen molar-refractivity contribution in [2.75, 3.05) is 13.1 Å². The van der Waals surface area contributed by atoms with Crippen LogP contribution < -0.4 is 0 Å². The van der Waals surface area contributed by atoms with E-state index in [1.54, 1.807) is 23.7 Å². The molecule has 0 saturated carbocycles. The summed E-state index contributed by atoms with van der Waals surface area (Å²) >= 11 is 1.60. The molecule has 8 heteroatoms. The van der Waals surface area contributed by atoms with E-state index < -0.39 is 0 Å². The highest BCUT2D eigenvalue weighted by Gasteiger charge is 2.28. The number of thiazole rings is 1. The average molecular weight is 368 g/mol. The summed E-state index contributed by atoms with van der Waals surface area (Å²) in [6, 6.07) is 0. The summed E-state index contributed by atoms with van der Waals surface area (Å²) in [5, 5.41) is 2.05. The van der Waals surface area contributed by atoms with Crippen molar-refractivity contribution in [3.63, 3.8) is 0 Å². The predicted octanol–water partition coefficient (Wildman–Crippen LogP) is 2.51. The summed E-state index contributed by atoms with van der Waals surface area (Å²) in [7, 11) is 0. The lowest BCUT2D eigenvalue weighted by Crippen LogP contribution is -2.40. The third-order valence-electron chi connectivity index (χ3n) is 4.64. The first-order valence-electron chi connectivity index (χ1n) is 8.66. The van der Waals surface area contributed by atoms with Gasteiger partial charge in [0.15, 0.2) is 0 Å². The summed E-state index contributed by atoms with van der Waals surface area (Å²) in [6.07, 6.45) is 8.99. The number of aromatic nitrogens is 5. The molecule has 4 rings (SSSR count). The van der Waals surface area contributed by atoms with Crippen LogP contribution in [0.25, 0.3) is 0 Å². The molecule has 134 valence electrons. The highest BCUT2D eigenvalue weighted by Crippen LogP contribution is 2.27. The molecule has 0 N–H and O–H groups in total. The third kappa shape index (κ3) is 3.50. The zero-order valence-electron chi connectivity index (χ0n) is 14.6. The molecule has 1 saturated heterocycles. The molecule has 1 amide bonds. The van der Waals surface area contributed by atoms with Gasteiger partial charge in [0.05, 0.1) is 29.6 Å². The van der Waals surface area contributed by atoms with Crippen LogP contribution in [0.2, 0.25) is 0 Å². The van der Waals surface area contributed by atoms with Gasteiger partial charge in [-0.1, -0.05) is 0 Å². The van der Waals surface area contributed by atoms with Gasteiger partial charge in [-0.05, 0) is 19.8 Å². The Morgan fingerprint density at radius 1 is 1.27 bits per heavy atom. The lowest BCUT2D eigenvalue weighted by Gasteiger charge is -2.32. The Balaban J connectivity index is 1.50. The molecule has 0 radical (unpaired) electrons. The van der Waals surface area contributed by atoms with Crippen molar-refractivity contribution >= 4 is 17.2 Å². The van der Waals surface area contributed by atoms with Crippen LogP contribution in [0.5, 0.6) is 0 Å². The summed E-state index contributed by atoms with van der Waals surface area (Å²) in [6.45, 7) is 3.98. The number of carbonyl (C=O) groups excluding carboxylic acids is 1. The van der Waals surface area contributed by atoms with Crippen LogP contribution in [-0.2, 0) is 6.54 Å². The normalized spacial score (nSPS) is 17.4. The maximum atomic E-state index is 12.8. The Morgan fingerprint density at radius 3 is 2.96 bits per heavy atom. The van der Waals surface area contributed by atoms with Gasteiger partial charge in [-0.25, -0.2) is 15.0 Å². The standard InChI is InChI=1S/C18H20N6OS/c1-13-7-21-16(8-20-13)18(25)24-5-2-3-14(9-24)17-19-4-6-23(17)10-15-11-26-12-22-15/h4,6-8,11-12,14H,2-3,5,9-10H2,1H3/t14-/m0/s1. The van der Waals surface area contributed by atoms with Crippen LogP contribution in [0.3, 0.4) is 0 Å². The number of likely N-dealkylation sites (tertiary alicyclic amines) is 1. The number of piperidine rings is 1. The molecule has 0 spiro atoms. The van der Waals surface area contributed by atoms with Crippen molar-refractivity contribution in [1.29, 1.82) is 0 Å². The van der Waals surface area contributed by atoms with Crippen molar-refractivity contribution in [1.82, 2.24) is 29.4 Å². The van der Waals surface area contributed by atoms with Crippen molar-refractivity contribution in [3.05, 3.63) is 58.6 Å². The van der Waals surface area contributed by atoms with Gasteiger partial charge < -0.3 is 9.47 Å². The average Bonchev–Trinajstić information content (AvgIpc) is 3.34. The maximum absolute atomic E-state index is 12.8. The van der Waals surface area contributed by atoms with Gasteiger partial charge in [0.1, 0.15) is 11.5 Å². The molecule has 0 unspecified atom stereocenters. The number of hydrogen-bond acceptors (Lipinski definition) is 6. The molecule has 3 aromatic rings. The fourth-order valence-corrected chi connectivity index (χ4v) is 3.89. The topological polar surface area (TPSA) is 76.8 Å². The van der Waals surface area contributed by atoms with Crippen molar-refractivity contribution < 1.29 is 4.79 Å². The molecule has 0 bridgehead atoms. The molecule has 7 nitrogen and oxygen atoms in total. The van der Waals surface area contributed by atoms with E-state index in [-0.39, 0.29) is 11.8 Å². The summed E-state index contributed by atoms with van der Waals surface area (Å²) in [5.41, 5.74) is 4.09. The summed E-state index contributed by atoms with van der Waals surface area (Å²) in [4.78, 5) is 32.0. The SMILES string of the molecule is Cc1cnc(C(=O)N2CCC[C@H](c3nccn3Cc3cscn3)C2)cn1. The maximum Gasteiger partial charge on any atom is 0.274 e. The van der Waals surface area contributed by atoms with Gasteiger partial charge in [0, 0.05) is 43.0 Å². The first-order valence-corrected chi connectivity index (χ1v) is 9.61. The van der Waals surface area contributed by atoms with Crippen LogP contribution in [-0.4, -0.2) is 48.4 Å². The second kappa shape index (κ2) is 7.33. The highest BCUT2D eigenvalue weighted by molar-refractivity contribution is 7.07. The highest BCUT2D eigenvalue weighted by atomic mass is 32.1. The summed E-state index contributed by atoms with van der Waals surface area (Å²) in [5.74, 6) is 1.19. The Labute approximate surface area is 155 Å². The van der Waals surface area contributed by atoms with E-state index in [0.29, 0.717) is 18.8 Å². The van der Waals surface area contributed by atoms with E-state index >= 15 is 0 Å². The molecule has 3 aromatic heterocycles. The minimum Gasteiger partial charge on any atom is -0.337 e. The molecular weight excluding hydrogens is 348 g/mol. The number of amides is 1. The predicted molar refractivity (Wildman–Crippen MR) is 98.1 cm³/mol. The lowest BCUT2D eigenvalue weighted by molar-refractivity contribution is 0.0697. The smallest absolute Gasteiger partial charge is 0.274 e. The van der Waals surface area contributed by atoms with Gasteiger partial charge in [0.2, 0.25) is 0 Å². The molecule has 1 aliphatic rings. The number of carbonyl (C=O) groups is 1. The minimum absolute atomic E-state index is 0.0557. The Hall–Kier alpha value is -2.61. The van der Waals surface area contributed by atoms with E-state index in [1.807, 2.05) is 29.7 Å². The molecule has 1 fully saturated rings. The number of nitrogens with zero attached hydrogens (tertiary/aromatic N) is 6. The van der Waals surface area contributed by atoms with Crippen molar-refractivity contribution in [3.8, 4) is 0 Å². The minimum atomic E-state index is -0.0557. The zero-order valence-corrected chi connectivity index (χ0v) is 15.4. The van der Waals surface area contributed by atoms with Crippen LogP contribution in [0, 0.1) is 6.92 Å². The van der Waals surface area contributed by atoms with Crippen LogP contribution in [0.4, 0.5) is 0 Å². The Kier molecular flexibility index (Phi) is 4.75. The first-order chi connectivity index (χ1) is 12.7. The Bertz CT molecular complexity index is 873. The third-order valence-corrected chi connectivity index (χ3v) is 5.27. The lowest BCUT2D eigenvalue weighted by atomic mass is 9.96. The van der Waals surface area contributed by atoms with Crippen molar-refractivity contribution in [2.24, 2.45) is 0 Å². The van der Waals surface area contributed by atoms with E-state index in [1.165, 1.54) is 0 Å². The summed E-state index contributed by atoms with van der Waals surface area (Å²) < 4.78 is 2.14. The van der Waals surface area contributed by atoms with E-state index in [9.17, 15) is 4.79 Å². The quantitative estimate of drug-likeness (QED) is 0.707. The Morgan fingerprint density at radius 2 is 2.19 bits per heavy atom. The van der Waals surface area contributed by atoms with Gasteiger partial charge in [-0.15, -0.1) is 11.3 Å². The van der Waals surface area contributed by atoms with Gasteiger partial charge in [0.25, 0.3) is 5.91 Å². The van der Waals surface area contributed by atoms with Gasteiger partial charge in [-0.2, -0.15) is 0 Å². The van der Waals surface area contributed by atoms with Gasteiger partial charge in [-0.3, -0.25) is 9.78 Å². The fourth-order valence-electron chi connectivity index (χ4n) is 3.34. The number of imidazole rings is 1. The van der Waals surface area contributed by atoms with Crippen LogP contribution in [0.15, 0.2) is 35.7 Å². The van der Waals surface area contributed by atoms with Crippen LogP contribution in [0.1, 0.15) is 46.5 Å². The number of aryl methyl sites for hydroxylation is 1. The second-order valence-corrected chi connectivity index (χ2v) is 7.25. The molecule has 0 aliphatic carbocycles. The molecular formula is C18H20N6OS. The number of hydrogen-bond donors (Lipinski definition) is 0. The van der Waals surface area contributed by atoms with Gasteiger partial charge >= 0.3 is 0 Å². The van der Waals surface area contributed by atoms with E-state index in [2.05, 4.69) is 29.9 Å². The molecule has 1 atom stereocenters. The largest absolute Gasteiger partial charge is 0.337 e. The fraction of sp³-hybridized carbons (Fsp3) is 0.389. The molecule has 4 heterocycles. The van der Waals surface area contributed by atoms with Crippen LogP contribution >= 0.6 is 11.3 Å². The molecule has 0 aromatic carbocycles. The van der Waals surface area contributed by atoms with Crippen molar-refractivity contribution in [2.45, 2.75) is 32.2 Å². The monoisotopic (exact) mass is 368 g/mol. The molecule has 1 aliphatic heterocycles. The van der Waals surface area contributed by atoms with E-state index in [0.717, 1.165) is 36.6 Å². The zero-order chi connectivity index (χ0) is 17.9. The van der Waals surface area contributed by atoms with E-state index in [4.69, 9.17) is 0 Å². The number of rotatable bonds is 4. The first kappa shape index (κ1) is 16.8. The molecule has 26 heavy (non-hydrogen) atoms.